The first kappa shape index (κ1) is 6.16. The summed E-state index contributed by atoms with van der Waals surface area (Å²) in [6.45, 7) is 0.0348. The molecule has 3 nitrogen and oxygen atoms in total. The number of aliphatic hydroxyl groups is 1. The molecule has 0 saturated heterocycles. The summed E-state index contributed by atoms with van der Waals surface area (Å²) in [5.41, 5.74) is 0.650. The van der Waals surface area contributed by atoms with Gasteiger partial charge in [0.2, 0.25) is 0 Å². The zero-order valence-corrected chi connectivity index (χ0v) is 4.87. The smallest absolute Gasteiger partial charge is 0.157 e. The number of aromatic hydroxyl groups is 1. The molecule has 0 aliphatic heterocycles. The highest BCUT2D eigenvalue weighted by Gasteiger charge is 2.00. The van der Waals surface area contributed by atoms with Crippen molar-refractivity contribution in [2.75, 3.05) is 6.61 Å². The largest absolute Gasteiger partial charge is 0.504 e. The van der Waals surface area contributed by atoms with Gasteiger partial charge < -0.3 is 14.6 Å². The summed E-state index contributed by atoms with van der Waals surface area (Å²) in [5.74, 6) is 0.115. The van der Waals surface area contributed by atoms with E-state index in [9.17, 15) is 0 Å². The second-order valence-electron chi connectivity index (χ2n) is 1.76. The average Bonchev–Trinajstić information content (AvgIpc) is 2.18. The third-order valence-corrected chi connectivity index (χ3v) is 1.10. The SMILES string of the molecule is OCCc1cocc1O. The van der Waals surface area contributed by atoms with Crippen LogP contribution in [0.3, 0.4) is 0 Å². The van der Waals surface area contributed by atoms with Gasteiger partial charge in [0.1, 0.15) is 6.26 Å². The van der Waals surface area contributed by atoms with Gasteiger partial charge in [0, 0.05) is 18.6 Å². The van der Waals surface area contributed by atoms with Crippen LogP contribution in [-0.4, -0.2) is 16.8 Å². The van der Waals surface area contributed by atoms with Crippen molar-refractivity contribution in [3.05, 3.63) is 18.1 Å². The summed E-state index contributed by atoms with van der Waals surface area (Å²) in [6, 6.07) is 0. The fourth-order valence-corrected chi connectivity index (χ4v) is 0.624. The van der Waals surface area contributed by atoms with Gasteiger partial charge in [-0.25, -0.2) is 0 Å². The Kier molecular flexibility index (Phi) is 1.75. The Balaban J connectivity index is 2.69. The standard InChI is InChI=1S/C6H8O3/c7-2-1-5-3-9-4-6(5)8/h3-4,7-8H,1-2H2. The van der Waals surface area contributed by atoms with E-state index in [2.05, 4.69) is 4.42 Å². The topological polar surface area (TPSA) is 53.6 Å². The van der Waals surface area contributed by atoms with Gasteiger partial charge in [-0.15, -0.1) is 0 Å². The molecule has 1 heterocycles. The van der Waals surface area contributed by atoms with Gasteiger partial charge in [0.05, 0.1) is 6.26 Å². The highest BCUT2D eigenvalue weighted by Crippen LogP contribution is 2.16. The Morgan fingerprint density at radius 1 is 1.44 bits per heavy atom. The molecule has 0 amide bonds. The van der Waals surface area contributed by atoms with E-state index in [0.717, 1.165) is 0 Å². The van der Waals surface area contributed by atoms with Crippen molar-refractivity contribution in [2.24, 2.45) is 0 Å². The Morgan fingerprint density at radius 3 is 2.67 bits per heavy atom. The molecule has 0 aliphatic rings. The minimum atomic E-state index is 0.0348. The minimum Gasteiger partial charge on any atom is -0.504 e. The van der Waals surface area contributed by atoms with E-state index in [4.69, 9.17) is 10.2 Å². The molecule has 3 heteroatoms. The number of aliphatic hydroxyl groups excluding tert-OH is 1. The van der Waals surface area contributed by atoms with Crippen LogP contribution >= 0.6 is 0 Å². The molecular weight excluding hydrogens is 120 g/mol. The summed E-state index contributed by atoms with van der Waals surface area (Å²) in [5, 5.41) is 17.3. The fourth-order valence-electron chi connectivity index (χ4n) is 0.624. The molecule has 1 aromatic heterocycles. The number of furan rings is 1. The van der Waals surface area contributed by atoms with Gasteiger partial charge in [-0.3, -0.25) is 0 Å². The molecule has 0 radical (unpaired) electrons. The Hall–Kier alpha value is -0.960. The maximum Gasteiger partial charge on any atom is 0.157 e. The third-order valence-electron chi connectivity index (χ3n) is 1.10. The second-order valence-corrected chi connectivity index (χ2v) is 1.76. The van der Waals surface area contributed by atoms with E-state index in [0.29, 0.717) is 12.0 Å². The number of hydrogen-bond donors (Lipinski definition) is 2. The van der Waals surface area contributed by atoms with Crippen LogP contribution < -0.4 is 0 Å². The van der Waals surface area contributed by atoms with Gasteiger partial charge in [-0.05, 0) is 0 Å². The Morgan fingerprint density at radius 2 is 2.22 bits per heavy atom. The highest BCUT2D eigenvalue weighted by atomic mass is 16.3. The summed E-state index contributed by atoms with van der Waals surface area (Å²) < 4.78 is 4.64. The first-order chi connectivity index (χ1) is 4.34. The predicted molar refractivity (Wildman–Crippen MR) is 31.2 cm³/mol. The predicted octanol–water partition coefficient (Wildman–Crippen LogP) is 0.520. The van der Waals surface area contributed by atoms with E-state index in [1.807, 2.05) is 0 Å². The van der Waals surface area contributed by atoms with E-state index in [-0.39, 0.29) is 12.4 Å². The lowest BCUT2D eigenvalue weighted by Gasteiger charge is -1.89. The van der Waals surface area contributed by atoms with Crippen molar-refractivity contribution in [1.82, 2.24) is 0 Å². The lowest BCUT2D eigenvalue weighted by atomic mass is 10.2. The number of rotatable bonds is 2. The van der Waals surface area contributed by atoms with Gasteiger partial charge in [-0.1, -0.05) is 0 Å². The molecule has 0 aromatic carbocycles. The van der Waals surface area contributed by atoms with Crippen LogP contribution in [0.4, 0.5) is 0 Å². The molecule has 0 spiro atoms. The lowest BCUT2D eigenvalue weighted by molar-refractivity contribution is 0.297. The molecule has 0 bridgehead atoms. The van der Waals surface area contributed by atoms with Crippen LogP contribution in [0.25, 0.3) is 0 Å². The Bertz CT molecular complexity index is 180. The van der Waals surface area contributed by atoms with E-state index < -0.39 is 0 Å². The summed E-state index contributed by atoms with van der Waals surface area (Å²) >= 11 is 0. The molecule has 1 rings (SSSR count). The first-order valence-corrected chi connectivity index (χ1v) is 2.69. The summed E-state index contributed by atoms with van der Waals surface area (Å²) in [6.07, 6.45) is 3.11. The zero-order chi connectivity index (χ0) is 6.69. The average molecular weight is 128 g/mol. The molecule has 50 valence electrons. The van der Waals surface area contributed by atoms with Crippen molar-refractivity contribution in [3.63, 3.8) is 0 Å². The van der Waals surface area contributed by atoms with Crippen LogP contribution in [-0.2, 0) is 6.42 Å². The fraction of sp³-hybridized carbons (Fsp3) is 0.333. The maximum absolute atomic E-state index is 8.88. The van der Waals surface area contributed by atoms with Crippen LogP contribution in [0.1, 0.15) is 5.56 Å². The molecule has 1 aromatic rings. The van der Waals surface area contributed by atoms with Gasteiger partial charge in [-0.2, -0.15) is 0 Å². The molecule has 0 fully saturated rings. The minimum absolute atomic E-state index is 0.0348. The second kappa shape index (κ2) is 2.55. The molecular formula is C6H8O3. The van der Waals surface area contributed by atoms with Crippen LogP contribution in [0.2, 0.25) is 0 Å². The van der Waals surface area contributed by atoms with Crippen LogP contribution in [0.15, 0.2) is 16.9 Å². The van der Waals surface area contributed by atoms with Crippen LogP contribution in [0, 0.1) is 0 Å². The molecule has 0 aliphatic carbocycles. The quantitative estimate of drug-likeness (QED) is 0.610. The van der Waals surface area contributed by atoms with Crippen molar-refractivity contribution in [1.29, 1.82) is 0 Å². The molecule has 0 saturated carbocycles. The number of hydrogen-bond acceptors (Lipinski definition) is 3. The van der Waals surface area contributed by atoms with Gasteiger partial charge in [0.25, 0.3) is 0 Å². The summed E-state index contributed by atoms with van der Waals surface area (Å²) in [7, 11) is 0. The Labute approximate surface area is 52.5 Å². The van der Waals surface area contributed by atoms with E-state index >= 15 is 0 Å². The monoisotopic (exact) mass is 128 g/mol. The molecule has 2 N–H and O–H groups in total. The normalized spacial score (nSPS) is 9.89. The van der Waals surface area contributed by atoms with Crippen molar-refractivity contribution in [2.45, 2.75) is 6.42 Å². The van der Waals surface area contributed by atoms with E-state index in [1.165, 1.54) is 12.5 Å². The van der Waals surface area contributed by atoms with Crippen molar-refractivity contribution in [3.8, 4) is 5.75 Å². The third kappa shape index (κ3) is 1.23. The van der Waals surface area contributed by atoms with Crippen molar-refractivity contribution >= 4 is 0 Å². The molecule has 0 atom stereocenters. The van der Waals surface area contributed by atoms with Crippen LogP contribution in [0.5, 0.6) is 5.75 Å². The van der Waals surface area contributed by atoms with Crippen molar-refractivity contribution < 1.29 is 14.6 Å². The van der Waals surface area contributed by atoms with Gasteiger partial charge in [0.15, 0.2) is 5.75 Å². The molecule has 0 unspecified atom stereocenters. The summed E-state index contributed by atoms with van der Waals surface area (Å²) in [4.78, 5) is 0. The highest BCUT2D eigenvalue weighted by molar-refractivity contribution is 5.25. The maximum atomic E-state index is 8.88. The lowest BCUT2D eigenvalue weighted by Crippen LogP contribution is -1.86. The van der Waals surface area contributed by atoms with E-state index in [1.54, 1.807) is 0 Å². The van der Waals surface area contributed by atoms with Gasteiger partial charge >= 0.3 is 0 Å². The molecule has 9 heavy (non-hydrogen) atoms. The zero-order valence-electron chi connectivity index (χ0n) is 4.87. The first-order valence-electron chi connectivity index (χ1n) is 2.69.